The van der Waals surface area contributed by atoms with Crippen molar-refractivity contribution in [2.45, 2.75) is 30.6 Å². The Labute approximate surface area is 169 Å². The number of methoxy groups -OCH3 is 1. The van der Waals surface area contributed by atoms with Crippen LogP contribution < -0.4 is 4.74 Å². The Balaban J connectivity index is 1.50. The zero-order valence-corrected chi connectivity index (χ0v) is 17.3. The molecule has 28 heavy (non-hydrogen) atoms. The average Bonchev–Trinajstić information content (AvgIpc) is 3.11. The molecule has 0 spiro atoms. The highest BCUT2D eigenvalue weighted by Crippen LogP contribution is 2.33. The number of hydrogen-bond donors (Lipinski definition) is 0. The van der Waals surface area contributed by atoms with E-state index in [-0.39, 0.29) is 5.92 Å². The maximum atomic E-state index is 13.0. The number of hydrogen-bond acceptors (Lipinski definition) is 5. The smallest absolute Gasteiger partial charge is 0.243 e. The van der Waals surface area contributed by atoms with Crippen LogP contribution in [0.15, 0.2) is 45.7 Å². The predicted molar refractivity (Wildman–Crippen MR) is 107 cm³/mol. The monoisotopic (exact) mass is 420 g/mol. The highest BCUT2D eigenvalue weighted by molar-refractivity contribution is 7.89. The number of nitrogens with zero attached hydrogens (tertiary/aromatic N) is 2. The van der Waals surface area contributed by atoms with Crippen LogP contribution in [0.2, 0.25) is 5.02 Å². The molecule has 2 heterocycles. The molecule has 6 nitrogen and oxygen atoms in total. The molecule has 0 amide bonds. The molecular weight excluding hydrogens is 400 g/mol. The lowest BCUT2D eigenvalue weighted by Gasteiger charge is -2.30. The summed E-state index contributed by atoms with van der Waals surface area (Å²) in [5.74, 6) is 1.42. The molecule has 1 saturated heterocycles. The Hall–Kier alpha value is -2.09. The first kappa shape index (κ1) is 19.2. The van der Waals surface area contributed by atoms with Gasteiger partial charge in [-0.1, -0.05) is 11.6 Å². The Morgan fingerprint density at radius 1 is 1.18 bits per heavy atom. The van der Waals surface area contributed by atoms with Crippen LogP contribution in [0.5, 0.6) is 5.75 Å². The van der Waals surface area contributed by atoms with E-state index >= 15 is 0 Å². The number of piperidine rings is 1. The van der Waals surface area contributed by atoms with Gasteiger partial charge in [0.1, 0.15) is 11.3 Å². The third kappa shape index (κ3) is 3.50. The van der Waals surface area contributed by atoms with E-state index in [9.17, 15) is 8.42 Å². The first-order chi connectivity index (χ1) is 13.4. The van der Waals surface area contributed by atoms with E-state index in [0.29, 0.717) is 53.1 Å². The SMILES string of the molecule is COc1ccc(S(=O)(=O)N2CCC(c3nc4cc(Cl)ccc4o3)CC2)cc1C. The summed E-state index contributed by atoms with van der Waals surface area (Å²) in [6, 6.07) is 10.3. The van der Waals surface area contributed by atoms with Gasteiger partial charge < -0.3 is 9.15 Å². The summed E-state index contributed by atoms with van der Waals surface area (Å²) in [6.45, 7) is 2.69. The lowest BCUT2D eigenvalue weighted by molar-refractivity contribution is 0.293. The topological polar surface area (TPSA) is 72.6 Å². The van der Waals surface area contributed by atoms with Gasteiger partial charge in [0.25, 0.3) is 0 Å². The summed E-state index contributed by atoms with van der Waals surface area (Å²) in [5, 5.41) is 0.614. The number of oxazole rings is 1. The molecule has 0 aliphatic carbocycles. The molecule has 1 aromatic heterocycles. The van der Waals surface area contributed by atoms with E-state index < -0.39 is 10.0 Å². The van der Waals surface area contributed by atoms with E-state index in [1.54, 1.807) is 43.5 Å². The zero-order chi connectivity index (χ0) is 19.9. The van der Waals surface area contributed by atoms with Crippen molar-refractivity contribution in [3.63, 3.8) is 0 Å². The molecule has 0 saturated carbocycles. The lowest BCUT2D eigenvalue weighted by atomic mass is 9.98. The molecule has 0 radical (unpaired) electrons. The first-order valence-electron chi connectivity index (χ1n) is 9.09. The normalized spacial score (nSPS) is 16.5. The number of benzene rings is 2. The minimum Gasteiger partial charge on any atom is -0.496 e. The second kappa shape index (κ2) is 7.39. The zero-order valence-electron chi connectivity index (χ0n) is 15.7. The number of rotatable bonds is 4. The fraction of sp³-hybridized carbons (Fsp3) is 0.350. The van der Waals surface area contributed by atoms with Gasteiger partial charge in [-0.05, 0) is 61.7 Å². The standard InChI is InChI=1S/C20H21ClN2O4S/c1-13-11-16(4-6-18(13)26-2)28(24,25)23-9-7-14(8-10-23)20-22-17-12-15(21)3-5-19(17)27-20/h3-6,11-12,14H,7-10H2,1-2H3. The van der Waals surface area contributed by atoms with Crippen LogP contribution in [0.25, 0.3) is 11.1 Å². The quantitative estimate of drug-likeness (QED) is 0.626. The van der Waals surface area contributed by atoms with E-state index in [1.807, 2.05) is 6.92 Å². The summed E-state index contributed by atoms with van der Waals surface area (Å²) in [6.07, 6.45) is 1.32. The van der Waals surface area contributed by atoms with Crippen LogP contribution in [0.1, 0.15) is 30.2 Å². The third-order valence-electron chi connectivity index (χ3n) is 5.17. The van der Waals surface area contributed by atoms with Crippen molar-refractivity contribution in [3.05, 3.63) is 52.9 Å². The number of aromatic nitrogens is 1. The molecule has 1 fully saturated rings. The predicted octanol–water partition coefficient (Wildman–Crippen LogP) is 4.37. The number of aryl methyl sites for hydroxylation is 1. The van der Waals surface area contributed by atoms with Crippen molar-refractivity contribution in [2.24, 2.45) is 0 Å². The number of sulfonamides is 1. The van der Waals surface area contributed by atoms with Crippen molar-refractivity contribution >= 4 is 32.7 Å². The van der Waals surface area contributed by atoms with Crippen molar-refractivity contribution in [2.75, 3.05) is 20.2 Å². The van der Waals surface area contributed by atoms with Crippen molar-refractivity contribution < 1.29 is 17.6 Å². The fourth-order valence-electron chi connectivity index (χ4n) is 3.60. The number of ether oxygens (including phenoxy) is 1. The van der Waals surface area contributed by atoms with Crippen molar-refractivity contribution in [1.29, 1.82) is 0 Å². The number of fused-ring (bicyclic) bond motifs is 1. The summed E-state index contributed by atoms with van der Waals surface area (Å²) in [5.41, 5.74) is 2.22. The highest BCUT2D eigenvalue weighted by atomic mass is 35.5. The molecule has 0 unspecified atom stereocenters. The largest absolute Gasteiger partial charge is 0.496 e. The molecule has 0 atom stereocenters. The van der Waals surface area contributed by atoms with Gasteiger partial charge in [0.2, 0.25) is 10.0 Å². The Kier molecular flexibility index (Phi) is 5.07. The van der Waals surface area contributed by atoms with Gasteiger partial charge >= 0.3 is 0 Å². The van der Waals surface area contributed by atoms with E-state index in [0.717, 1.165) is 11.1 Å². The molecule has 3 aromatic rings. The van der Waals surface area contributed by atoms with Gasteiger partial charge in [0.05, 0.1) is 12.0 Å². The second-order valence-corrected chi connectivity index (χ2v) is 9.35. The Morgan fingerprint density at radius 2 is 1.93 bits per heavy atom. The summed E-state index contributed by atoms with van der Waals surface area (Å²) >= 11 is 6.01. The number of halogens is 1. The molecule has 8 heteroatoms. The maximum absolute atomic E-state index is 13.0. The Morgan fingerprint density at radius 3 is 2.61 bits per heavy atom. The summed E-state index contributed by atoms with van der Waals surface area (Å²) in [7, 11) is -1.97. The van der Waals surface area contributed by atoms with Crippen molar-refractivity contribution in [1.82, 2.24) is 9.29 Å². The third-order valence-corrected chi connectivity index (χ3v) is 7.30. The fourth-order valence-corrected chi connectivity index (χ4v) is 5.32. The summed E-state index contributed by atoms with van der Waals surface area (Å²) in [4.78, 5) is 4.83. The van der Waals surface area contributed by atoms with Gasteiger partial charge in [0.15, 0.2) is 11.5 Å². The van der Waals surface area contributed by atoms with Crippen LogP contribution in [-0.4, -0.2) is 37.9 Å². The van der Waals surface area contributed by atoms with Gasteiger partial charge in [-0.2, -0.15) is 4.31 Å². The molecule has 1 aliphatic rings. The molecule has 4 rings (SSSR count). The van der Waals surface area contributed by atoms with Crippen LogP contribution in [0.4, 0.5) is 0 Å². The second-order valence-electron chi connectivity index (χ2n) is 6.97. The first-order valence-corrected chi connectivity index (χ1v) is 10.9. The lowest BCUT2D eigenvalue weighted by Crippen LogP contribution is -2.38. The van der Waals surface area contributed by atoms with Crippen LogP contribution in [0.3, 0.4) is 0 Å². The molecule has 2 aromatic carbocycles. The van der Waals surface area contributed by atoms with Crippen LogP contribution in [0, 0.1) is 6.92 Å². The van der Waals surface area contributed by atoms with Gasteiger partial charge in [-0.25, -0.2) is 13.4 Å². The van der Waals surface area contributed by atoms with Gasteiger partial charge in [0, 0.05) is 24.0 Å². The molecule has 0 N–H and O–H groups in total. The average molecular weight is 421 g/mol. The summed E-state index contributed by atoms with van der Waals surface area (Å²) < 4.78 is 38.6. The molecule has 0 bridgehead atoms. The highest BCUT2D eigenvalue weighted by Gasteiger charge is 2.32. The molecular formula is C20H21ClN2O4S. The Bertz CT molecular complexity index is 1120. The van der Waals surface area contributed by atoms with E-state index in [4.69, 9.17) is 20.8 Å². The van der Waals surface area contributed by atoms with E-state index in [1.165, 1.54) is 4.31 Å². The maximum Gasteiger partial charge on any atom is 0.243 e. The van der Waals surface area contributed by atoms with Crippen LogP contribution in [-0.2, 0) is 10.0 Å². The minimum atomic E-state index is -3.54. The molecule has 1 aliphatic heterocycles. The van der Waals surface area contributed by atoms with Crippen molar-refractivity contribution in [3.8, 4) is 5.75 Å². The van der Waals surface area contributed by atoms with Gasteiger partial charge in [-0.3, -0.25) is 0 Å². The molecule has 148 valence electrons. The minimum absolute atomic E-state index is 0.0928. The van der Waals surface area contributed by atoms with Gasteiger partial charge in [-0.15, -0.1) is 0 Å². The van der Waals surface area contributed by atoms with E-state index in [2.05, 4.69) is 4.98 Å². The van der Waals surface area contributed by atoms with Crippen LogP contribution >= 0.6 is 11.6 Å².